The molecule has 4 aliphatic carbocycles. The van der Waals surface area contributed by atoms with Gasteiger partial charge in [0.2, 0.25) is 0 Å². The first-order valence-corrected chi connectivity index (χ1v) is 14.0. The second-order valence-corrected chi connectivity index (χ2v) is 11.9. The molecule has 4 nitrogen and oxygen atoms in total. The van der Waals surface area contributed by atoms with Crippen LogP contribution in [0.25, 0.3) is 10.9 Å². The first-order valence-electron chi connectivity index (χ1n) is 14.0. The van der Waals surface area contributed by atoms with Crippen LogP contribution < -0.4 is 0 Å². The van der Waals surface area contributed by atoms with Gasteiger partial charge in [0.1, 0.15) is 0 Å². The van der Waals surface area contributed by atoms with Gasteiger partial charge in [-0.1, -0.05) is 42.5 Å². The lowest BCUT2D eigenvalue weighted by Gasteiger charge is -2.57. The van der Waals surface area contributed by atoms with Crippen molar-refractivity contribution in [1.29, 1.82) is 0 Å². The highest BCUT2D eigenvalue weighted by molar-refractivity contribution is 6.00. The summed E-state index contributed by atoms with van der Waals surface area (Å²) in [6, 6.07) is 25.2. The topological polar surface area (TPSA) is 43.6 Å². The molecule has 0 spiro atoms. The monoisotopic (exact) mass is 502 g/mol. The molecule has 0 saturated heterocycles. The molecule has 4 fully saturated rings. The highest BCUT2D eigenvalue weighted by Crippen LogP contribution is 2.60. The van der Waals surface area contributed by atoms with Crippen LogP contribution in [0.3, 0.4) is 0 Å². The fourth-order valence-corrected chi connectivity index (χ4v) is 8.13. The second-order valence-electron chi connectivity index (χ2n) is 11.9. The summed E-state index contributed by atoms with van der Waals surface area (Å²) < 4.78 is 7.12. The summed E-state index contributed by atoms with van der Waals surface area (Å²) in [6.45, 7) is 0.666. The fraction of sp³-hybridized carbons (Fsp3) is 0.353. The highest BCUT2D eigenvalue weighted by atomic mass is 16.5. The number of hydrogen-bond acceptors (Lipinski definition) is 3. The number of ether oxygens (including phenoxy) is 1. The number of carbonyl (C=O) groups is 1. The Kier molecular flexibility index (Phi) is 5.72. The normalized spacial score (nSPS) is 25.9. The molecule has 0 N–H and O–H groups in total. The van der Waals surface area contributed by atoms with Crippen LogP contribution in [0.4, 0.5) is 5.69 Å². The summed E-state index contributed by atoms with van der Waals surface area (Å²) >= 11 is 0. The zero-order chi connectivity index (χ0) is 25.7. The third kappa shape index (κ3) is 4.16. The van der Waals surface area contributed by atoms with Crippen molar-refractivity contribution in [3.05, 3.63) is 101 Å². The Morgan fingerprint density at radius 2 is 1.66 bits per heavy atom. The van der Waals surface area contributed by atoms with Crippen molar-refractivity contribution in [2.24, 2.45) is 22.7 Å². The quantitative estimate of drug-likeness (QED) is 0.200. The molecule has 0 amide bonds. The third-order valence-corrected chi connectivity index (χ3v) is 9.39. The number of fused-ring (bicyclic) bond motifs is 1. The van der Waals surface area contributed by atoms with Crippen molar-refractivity contribution in [1.82, 2.24) is 4.57 Å². The van der Waals surface area contributed by atoms with E-state index in [0.29, 0.717) is 17.5 Å². The van der Waals surface area contributed by atoms with E-state index >= 15 is 0 Å². The first-order chi connectivity index (χ1) is 18.6. The van der Waals surface area contributed by atoms with E-state index in [1.165, 1.54) is 51.0 Å². The lowest BCUT2D eigenvalue weighted by Crippen LogP contribution is -2.48. The molecule has 4 bridgehead atoms. The second kappa shape index (κ2) is 9.27. The van der Waals surface area contributed by atoms with Crippen LogP contribution in [0.15, 0.2) is 84.0 Å². The van der Waals surface area contributed by atoms with Gasteiger partial charge in [-0.15, -0.1) is 0 Å². The minimum absolute atomic E-state index is 0.314. The summed E-state index contributed by atoms with van der Waals surface area (Å²) in [5, 5.41) is 1.17. The van der Waals surface area contributed by atoms with Gasteiger partial charge in [-0.2, -0.15) is 0 Å². The number of carbonyl (C=O) groups excluding carboxylic acids is 1. The van der Waals surface area contributed by atoms with Gasteiger partial charge < -0.3 is 9.30 Å². The number of nitrogens with zero attached hydrogens (tertiary/aromatic N) is 2. The van der Waals surface area contributed by atoms with Crippen LogP contribution >= 0.6 is 0 Å². The summed E-state index contributed by atoms with van der Waals surface area (Å²) in [4.78, 5) is 16.9. The highest BCUT2D eigenvalue weighted by Gasteiger charge is 2.51. The van der Waals surface area contributed by atoms with Crippen molar-refractivity contribution >= 4 is 28.8 Å². The van der Waals surface area contributed by atoms with E-state index in [0.717, 1.165) is 40.1 Å². The summed E-state index contributed by atoms with van der Waals surface area (Å²) in [5.74, 6) is 2.56. The molecule has 4 aliphatic rings. The van der Waals surface area contributed by atoms with Gasteiger partial charge in [-0.25, -0.2) is 4.79 Å². The smallest absolute Gasteiger partial charge is 0.337 e. The molecule has 0 aliphatic heterocycles. The van der Waals surface area contributed by atoms with Gasteiger partial charge in [0, 0.05) is 35.4 Å². The molecule has 0 radical (unpaired) electrons. The van der Waals surface area contributed by atoms with E-state index in [-0.39, 0.29) is 5.97 Å². The largest absolute Gasteiger partial charge is 0.465 e. The number of benzene rings is 3. The number of aromatic nitrogens is 1. The average molecular weight is 503 g/mol. The number of para-hydroxylation sites is 1. The lowest BCUT2D eigenvalue weighted by atomic mass is 9.48. The standard InChI is InChI=1S/C34H34N2O2/c1-38-33(37)27-6-4-5-23(16-27)21-36-22-28(31-7-2-3-8-32(31)36)20-35-30-11-9-29(10-12-30)34-17-24-13-25(18-34)15-26(14-24)19-34/h2-12,16,20,22,24-26H,13-15,17-19,21H2,1H3. The zero-order valence-corrected chi connectivity index (χ0v) is 22.0. The van der Waals surface area contributed by atoms with Gasteiger partial charge in [0.25, 0.3) is 0 Å². The fourth-order valence-electron chi connectivity index (χ4n) is 8.13. The summed E-state index contributed by atoms with van der Waals surface area (Å²) in [5.41, 5.74) is 6.83. The van der Waals surface area contributed by atoms with Gasteiger partial charge >= 0.3 is 5.97 Å². The van der Waals surface area contributed by atoms with Crippen molar-refractivity contribution in [2.45, 2.75) is 50.5 Å². The molecular formula is C34H34N2O2. The Labute approximate surface area is 224 Å². The molecule has 3 aromatic carbocycles. The van der Waals surface area contributed by atoms with Gasteiger partial charge in [0.15, 0.2) is 0 Å². The molecule has 4 heteroatoms. The number of methoxy groups -OCH3 is 1. The van der Waals surface area contributed by atoms with Crippen molar-refractivity contribution in [2.75, 3.05) is 7.11 Å². The van der Waals surface area contributed by atoms with Gasteiger partial charge in [-0.3, -0.25) is 4.99 Å². The van der Waals surface area contributed by atoms with Crippen LogP contribution in [0, 0.1) is 17.8 Å². The van der Waals surface area contributed by atoms with Crippen LogP contribution in [0.5, 0.6) is 0 Å². The zero-order valence-electron chi connectivity index (χ0n) is 22.0. The van der Waals surface area contributed by atoms with E-state index in [4.69, 9.17) is 9.73 Å². The van der Waals surface area contributed by atoms with Gasteiger partial charge in [0.05, 0.1) is 18.4 Å². The van der Waals surface area contributed by atoms with E-state index in [2.05, 4.69) is 59.3 Å². The van der Waals surface area contributed by atoms with E-state index in [9.17, 15) is 4.79 Å². The SMILES string of the molecule is COC(=O)c1cccc(Cn2cc(C=Nc3ccc(C45CC6CC(CC(C6)C4)C5)cc3)c3ccccc32)c1. The van der Waals surface area contributed by atoms with Gasteiger partial charge in [-0.05, 0) is 103 Å². The number of rotatable bonds is 6. The Morgan fingerprint density at radius 1 is 0.947 bits per heavy atom. The van der Waals surface area contributed by atoms with Crippen LogP contribution in [0.1, 0.15) is 65.6 Å². The summed E-state index contributed by atoms with van der Waals surface area (Å²) in [7, 11) is 1.41. The van der Waals surface area contributed by atoms with Crippen LogP contribution in [-0.4, -0.2) is 23.9 Å². The van der Waals surface area contributed by atoms with E-state index < -0.39 is 0 Å². The van der Waals surface area contributed by atoms with Crippen LogP contribution in [-0.2, 0) is 16.7 Å². The number of aliphatic imine (C=N–C) groups is 1. The maximum atomic E-state index is 12.0. The predicted octanol–water partition coefficient (Wildman–Crippen LogP) is 7.69. The molecule has 192 valence electrons. The first kappa shape index (κ1) is 23.5. The van der Waals surface area contributed by atoms with Crippen LogP contribution in [0.2, 0.25) is 0 Å². The summed E-state index contributed by atoms with van der Waals surface area (Å²) in [6.07, 6.45) is 12.8. The Balaban J connectivity index is 1.13. The van der Waals surface area contributed by atoms with E-state index in [1.54, 1.807) is 11.6 Å². The lowest BCUT2D eigenvalue weighted by molar-refractivity contribution is -0.00518. The molecule has 0 unspecified atom stereocenters. The Bertz CT molecular complexity index is 1490. The molecule has 38 heavy (non-hydrogen) atoms. The minimum Gasteiger partial charge on any atom is -0.465 e. The Morgan fingerprint density at radius 3 is 2.37 bits per heavy atom. The van der Waals surface area contributed by atoms with Crippen molar-refractivity contribution in [3.8, 4) is 0 Å². The average Bonchev–Trinajstić information content (AvgIpc) is 3.28. The molecule has 1 aromatic heterocycles. The Hall–Kier alpha value is -3.66. The predicted molar refractivity (Wildman–Crippen MR) is 152 cm³/mol. The van der Waals surface area contributed by atoms with Crippen molar-refractivity contribution in [3.63, 3.8) is 0 Å². The third-order valence-electron chi connectivity index (χ3n) is 9.39. The molecule has 1 heterocycles. The molecular weight excluding hydrogens is 468 g/mol. The molecule has 8 rings (SSSR count). The maximum absolute atomic E-state index is 12.0. The number of esters is 1. The minimum atomic E-state index is -0.314. The van der Waals surface area contributed by atoms with Crippen molar-refractivity contribution < 1.29 is 9.53 Å². The maximum Gasteiger partial charge on any atom is 0.337 e. The van der Waals surface area contributed by atoms with E-state index in [1.807, 2.05) is 24.4 Å². The molecule has 4 aromatic rings. The molecule has 4 saturated carbocycles. The molecule has 0 atom stereocenters. The number of hydrogen-bond donors (Lipinski definition) is 0.